The second kappa shape index (κ2) is 9.25. The van der Waals surface area contributed by atoms with Crippen LogP contribution in [0.3, 0.4) is 0 Å². The maximum absolute atomic E-state index is 5.89. The molecule has 5 heteroatoms. The summed E-state index contributed by atoms with van der Waals surface area (Å²) in [7, 11) is 0. The lowest BCUT2D eigenvalue weighted by atomic mass is 10.2. The third-order valence-electron chi connectivity index (χ3n) is 4.87. The molecule has 0 aliphatic carbocycles. The van der Waals surface area contributed by atoms with Gasteiger partial charge in [0, 0.05) is 24.5 Å². The number of ether oxygens (including phenoxy) is 1. The lowest BCUT2D eigenvalue weighted by molar-refractivity contribution is -0.0712. The van der Waals surface area contributed by atoms with Gasteiger partial charge in [-0.3, -0.25) is 4.90 Å². The van der Waals surface area contributed by atoms with Crippen molar-refractivity contribution in [3.63, 3.8) is 0 Å². The van der Waals surface area contributed by atoms with E-state index >= 15 is 0 Å². The summed E-state index contributed by atoms with van der Waals surface area (Å²) in [6.07, 6.45) is 4.19. The number of fused-ring (bicyclic) bond motifs is 1. The highest BCUT2D eigenvalue weighted by Gasteiger charge is 2.24. The van der Waals surface area contributed by atoms with Crippen molar-refractivity contribution in [1.82, 2.24) is 14.5 Å². The molecule has 2 unspecified atom stereocenters. The Morgan fingerprint density at radius 1 is 1.15 bits per heavy atom. The average Bonchev–Trinajstić information content (AvgIpc) is 2.93. The molecule has 1 aliphatic heterocycles. The fourth-order valence-electron chi connectivity index (χ4n) is 3.76. The number of aryl methyl sites for hydroxylation is 1. The molecule has 1 saturated heterocycles. The number of benzene rings is 1. The van der Waals surface area contributed by atoms with Gasteiger partial charge in [0.2, 0.25) is 0 Å². The lowest BCUT2D eigenvalue weighted by Gasteiger charge is -2.35. The normalized spacial score (nSPS) is 21.5. The minimum Gasteiger partial charge on any atom is -0.373 e. The fourth-order valence-corrected chi connectivity index (χ4v) is 4.56. The number of morpholine rings is 1. The van der Waals surface area contributed by atoms with Crippen molar-refractivity contribution in [1.29, 1.82) is 0 Å². The number of hydrogen-bond acceptors (Lipinski definition) is 4. The van der Waals surface area contributed by atoms with Gasteiger partial charge in [-0.15, -0.1) is 11.8 Å². The predicted octanol–water partition coefficient (Wildman–Crippen LogP) is 4.95. The molecule has 1 fully saturated rings. The second-order valence-corrected chi connectivity index (χ2v) is 8.65. The van der Waals surface area contributed by atoms with Crippen LogP contribution in [0.15, 0.2) is 23.1 Å². The van der Waals surface area contributed by atoms with Crippen LogP contribution in [0, 0.1) is 0 Å². The third-order valence-corrected chi connectivity index (χ3v) is 6.07. The van der Waals surface area contributed by atoms with Gasteiger partial charge in [-0.05, 0) is 50.6 Å². The highest BCUT2D eigenvalue weighted by atomic mass is 32.2. The van der Waals surface area contributed by atoms with Gasteiger partial charge in [0.25, 0.3) is 0 Å². The number of imidazole rings is 1. The average molecular weight is 376 g/mol. The first-order chi connectivity index (χ1) is 12.6. The lowest BCUT2D eigenvalue weighted by Crippen LogP contribution is -2.45. The summed E-state index contributed by atoms with van der Waals surface area (Å²) < 4.78 is 8.35. The van der Waals surface area contributed by atoms with Crippen molar-refractivity contribution in [3.8, 4) is 0 Å². The van der Waals surface area contributed by atoms with E-state index in [1.165, 1.54) is 41.3 Å². The van der Waals surface area contributed by atoms with E-state index in [4.69, 9.17) is 9.72 Å². The van der Waals surface area contributed by atoms with Crippen molar-refractivity contribution in [2.45, 2.75) is 77.2 Å². The van der Waals surface area contributed by atoms with Gasteiger partial charge < -0.3 is 9.30 Å². The highest BCUT2D eigenvalue weighted by Crippen LogP contribution is 2.26. The molecule has 0 spiro atoms. The van der Waals surface area contributed by atoms with Gasteiger partial charge in [-0.1, -0.05) is 20.3 Å². The maximum Gasteiger partial charge on any atom is 0.124 e. The van der Waals surface area contributed by atoms with E-state index in [-0.39, 0.29) is 0 Å². The van der Waals surface area contributed by atoms with Crippen LogP contribution in [-0.4, -0.2) is 45.5 Å². The summed E-state index contributed by atoms with van der Waals surface area (Å²) in [4.78, 5) is 8.86. The van der Waals surface area contributed by atoms with E-state index in [2.05, 4.69) is 55.4 Å². The van der Waals surface area contributed by atoms with Crippen molar-refractivity contribution in [2.75, 3.05) is 18.8 Å². The van der Waals surface area contributed by atoms with Crippen LogP contribution in [-0.2, 0) is 17.8 Å². The molecule has 0 radical (unpaired) electrons. The van der Waals surface area contributed by atoms with Crippen LogP contribution in [0.4, 0.5) is 0 Å². The Morgan fingerprint density at radius 2 is 1.92 bits per heavy atom. The first-order valence-electron chi connectivity index (χ1n) is 10.1. The van der Waals surface area contributed by atoms with Gasteiger partial charge in [-0.2, -0.15) is 0 Å². The summed E-state index contributed by atoms with van der Waals surface area (Å²) in [6, 6.07) is 6.76. The Balaban J connectivity index is 1.87. The summed E-state index contributed by atoms with van der Waals surface area (Å²) in [5.41, 5.74) is 2.43. The molecule has 0 bridgehead atoms. The summed E-state index contributed by atoms with van der Waals surface area (Å²) in [5.74, 6) is 2.37. The largest absolute Gasteiger partial charge is 0.373 e. The highest BCUT2D eigenvalue weighted by molar-refractivity contribution is 7.99. The first kappa shape index (κ1) is 19.7. The predicted molar refractivity (Wildman–Crippen MR) is 111 cm³/mol. The molecule has 4 nitrogen and oxygen atoms in total. The topological polar surface area (TPSA) is 30.3 Å². The Hall–Kier alpha value is -1.04. The Morgan fingerprint density at radius 3 is 2.62 bits per heavy atom. The van der Waals surface area contributed by atoms with Crippen LogP contribution in [0.2, 0.25) is 0 Å². The second-order valence-electron chi connectivity index (χ2n) is 7.48. The van der Waals surface area contributed by atoms with Gasteiger partial charge in [0.05, 0.1) is 29.8 Å². The molecule has 1 aromatic carbocycles. The SMILES string of the molecule is CCCCn1c(CN2CC(C)OC(C)C2)nc2ccc(SCCC)cc21. The molecular formula is C21H33N3OS. The number of hydrogen-bond donors (Lipinski definition) is 0. The number of aromatic nitrogens is 2. The van der Waals surface area contributed by atoms with E-state index in [1.807, 2.05) is 11.8 Å². The Kier molecular flexibility index (Phi) is 7.01. The summed E-state index contributed by atoms with van der Waals surface area (Å²) in [5, 5.41) is 0. The molecule has 2 atom stereocenters. The molecule has 0 amide bonds. The number of nitrogens with zero attached hydrogens (tertiary/aromatic N) is 3. The quantitative estimate of drug-likeness (QED) is 0.611. The molecular weight excluding hydrogens is 342 g/mol. The van der Waals surface area contributed by atoms with Gasteiger partial charge in [0.1, 0.15) is 5.82 Å². The molecule has 1 aromatic heterocycles. The molecule has 1 aliphatic rings. The zero-order valence-corrected chi connectivity index (χ0v) is 17.5. The van der Waals surface area contributed by atoms with E-state index in [0.29, 0.717) is 12.2 Å². The van der Waals surface area contributed by atoms with E-state index in [9.17, 15) is 0 Å². The van der Waals surface area contributed by atoms with Crippen molar-refractivity contribution in [2.24, 2.45) is 0 Å². The smallest absolute Gasteiger partial charge is 0.124 e. The zero-order chi connectivity index (χ0) is 18.5. The monoisotopic (exact) mass is 375 g/mol. The van der Waals surface area contributed by atoms with Gasteiger partial charge in [-0.25, -0.2) is 4.98 Å². The summed E-state index contributed by atoms with van der Waals surface area (Å²) >= 11 is 1.95. The van der Waals surface area contributed by atoms with Crippen molar-refractivity contribution in [3.05, 3.63) is 24.0 Å². The molecule has 0 saturated carbocycles. The van der Waals surface area contributed by atoms with E-state index in [1.54, 1.807) is 0 Å². The van der Waals surface area contributed by atoms with Crippen molar-refractivity contribution >= 4 is 22.8 Å². The van der Waals surface area contributed by atoms with E-state index in [0.717, 1.165) is 31.7 Å². The molecule has 144 valence electrons. The van der Waals surface area contributed by atoms with Crippen LogP contribution in [0.25, 0.3) is 11.0 Å². The first-order valence-corrected chi connectivity index (χ1v) is 11.1. The van der Waals surface area contributed by atoms with Crippen molar-refractivity contribution < 1.29 is 4.74 Å². The molecule has 0 N–H and O–H groups in total. The molecule has 3 rings (SSSR count). The Labute approximate surface area is 162 Å². The molecule has 26 heavy (non-hydrogen) atoms. The minimum atomic E-state index is 0.296. The summed E-state index contributed by atoms with van der Waals surface area (Å²) in [6.45, 7) is 12.8. The van der Waals surface area contributed by atoms with E-state index < -0.39 is 0 Å². The fraction of sp³-hybridized carbons (Fsp3) is 0.667. The number of rotatable bonds is 8. The van der Waals surface area contributed by atoms with Gasteiger partial charge in [0.15, 0.2) is 0 Å². The molecule has 2 aromatic rings. The molecule has 2 heterocycles. The third kappa shape index (κ3) is 4.81. The van der Waals surface area contributed by atoms with Gasteiger partial charge >= 0.3 is 0 Å². The van der Waals surface area contributed by atoms with Crippen LogP contribution in [0.1, 0.15) is 52.8 Å². The standard InChI is InChI=1S/C21H33N3OS/c1-5-7-10-24-20-12-18(26-11-6-2)8-9-19(20)22-21(24)15-23-13-16(3)25-17(4)14-23/h8-9,12,16-17H,5-7,10-11,13-15H2,1-4H3. The Bertz CT molecular complexity index is 705. The number of thioether (sulfide) groups is 1. The minimum absolute atomic E-state index is 0.296. The van der Waals surface area contributed by atoms with Crippen LogP contribution >= 0.6 is 11.8 Å². The van der Waals surface area contributed by atoms with Crippen LogP contribution in [0.5, 0.6) is 0 Å². The maximum atomic E-state index is 5.89. The zero-order valence-electron chi connectivity index (χ0n) is 16.7. The van der Waals surface area contributed by atoms with Crippen LogP contribution < -0.4 is 0 Å². The number of unbranched alkanes of at least 4 members (excludes halogenated alkanes) is 1.